The highest BCUT2D eigenvalue weighted by Crippen LogP contribution is 2.41. The van der Waals surface area contributed by atoms with Crippen LogP contribution in [0, 0.1) is 0 Å². The molecule has 0 fully saturated rings. The van der Waals surface area contributed by atoms with Crippen molar-refractivity contribution in [2.75, 3.05) is 23.4 Å². The Hall–Kier alpha value is -2.36. The average Bonchev–Trinajstić information content (AvgIpc) is 3.11. The molecule has 0 bridgehead atoms. The molecule has 4 rings (SSSR count). The molecular formula is C22H26N4O3S2. The molecule has 31 heavy (non-hydrogen) atoms. The molecule has 1 amide bonds. The SMILES string of the molecule is CCOc1ccc(NC(=O)CSc2nc(N)c3c4c(sc3n2)CO[C@](C)(CC)C4)cc1. The number of benzene rings is 1. The molecule has 0 saturated carbocycles. The lowest BCUT2D eigenvalue weighted by atomic mass is 9.90. The zero-order chi connectivity index (χ0) is 22.0. The van der Waals surface area contributed by atoms with Crippen molar-refractivity contribution in [1.82, 2.24) is 9.97 Å². The minimum absolute atomic E-state index is 0.131. The van der Waals surface area contributed by atoms with Gasteiger partial charge in [-0.3, -0.25) is 4.79 Å². The maximum absolute atomic E-state index is 12.3. The summed E-state index contributed by atoms with van der Waals surface area (Å²) in [5.74, 6) is 1.31. The van der Waals surface area contributed by atoms with E-state index < -0.39 is 0 Å². The number of ether oxygens (including phenoxy) is 2. The molecule has 1 aliphatic heterocycles. The van der Waals surface area contributed by atoms with Crippen LogP contribution in [0.15, 0.2) is 29.4 Å². The van der Waals surface area contributed by atoms with E-state index in [0.717, 1.165) is 39.4 Å². The zero-order valence-corrected chi connectivity index (χ0v) is 19.5. The Morgan fingerprint density at radius 2 is 2.10 bits per heavy atom. The van der Waals surface area contributed by atoms with Crippen LogP contribution in [-0.4, -0.2) is 33.8 Å². The average molecular weight is 459 g/mol. The van der Waals surface area contributed by atoms with Gasteiger partial charge in [-0.25, -0.2) is 9.97 Å². The summed E-state index contributed by atoms with van der Waals surface area (Å²) in [6.45, 7) is 7.37. The van der Waals surface area contributed by atoms with Gasteiger partial charge in [0, 0.05) is 17.0 Å². The molecule has 3 aromatic rings. The third kappa shape index (κ3) is 4.78. The number of rotatable bonds is 7. The number of fused-ring (bicyclic) bond motifs is 3. The highest BCUT2D eigenvalue weighted by molar-refractivity contribution is 7.99. The third-order valence-electron chi connectivity index (χ3n) is 5.37. The van der Waals surface area contributed by atoms with E-state index >= 15 is 0 Å². The predicted octanol–water partition coefficient (Wildman–Crippen LogP) is 4.64. The van der Waals surface area contributed by atoms with E-state index in [1.54, 1.807) is 11.3 Å². The zero-order valence-electron chi connectivity index (χ0n) is 17.9. The lowest BCUT2D eigenvalue weighted by molar-refractivity contribution is -0.113. The van der Waals surface area contributed by atoms with Crippen molar-refractivity contribution in [3.05, 3.63) is 34.7 Å². The molecule has 1 aliphatic rings. The van der Waals surface area contributed by atoms with Gasteiger partial charge in [0.05, 0.1) is 30.0 Å². The fourth-order valence-electron chi connectivity index (χ4n) is 3.50. The molecule has 2 aromatic heterocycles. The number of thiophene rings is 1. The first-order chi connectivity index (χ1) is 14.9. The molecule has 0 spiro atoms. The summed E-state index contributed by atoms with van der Waals surface area (Å²) in [4.78, 5) is 23.5. The number of nitrogens with two attached hydrogens (primary N) is 1. The molecule has 0 unspecified atom stereocenters. The summed E-state index contributed by atoms with van der Waals surface area (Å²) in [6.07, 6.45) is 1.74. The summed E-state index contributed by atoms with van der Waals surface area (Å²) >= 11 is 2.87. The summed E-state index contributed by atoms with van der Waals surface area (Å²) in [5, 5.41) is 4.31. The van der Waals surface area contributed by atoms with Crippen LogP contribution in [0.4, 0.5) is 11.5 Å². The van der Waals surface area contributed by atoms with Crippen LogP contribution in [0.5, 0.6) is 5.75 Å². The second kappa shape index (κ2) is 9.02. The standard InChI is InChI=1S/C22H26N4O3S2/c1-4-22(3)10-15-16(11-29-22)31-20-18(15)19(23)25-21(26-20)30-12-17(27)24-13-6-8-14(9-7-13)28-5-2/h6-9H,4-5,10-12H2,1-3H3,(H,24,27)(H2,23,25,26)/t22-/m1/s1. The number of thioether (sulfide) groups is 1. The van der Waals surface area contributed by atoms with Crippen molar-refractivity contribution in [3.8, 4) is 5.75 Å². The number of nitrogens with zero attached hydrogens (tertiary/aromatic N) is 2. The number of aromatic nitrogens is 2. The fourth-order valence-corrected chi connectivity index (χ4v) is 5.32. The summed E-state index contributed by atoms with van der Waals surface area (Å²) in [5.41, 5.74) is 8.06. The highest BCUT2D eigenvalue weighted by Gasteiger charge is 2.33. The molecule has 3 N–H and O–H groups in total. The number of nitrogens with one attached hydrogen (secondary N) is 1. The molecule has 0 radical (unpaired) electrons. The second-order valence-electron chi connectivity index (χ2n) is 7.64. The van der Waals surface area contributed by atoms with Gasteiger partial charge in [0.25, 0.3) is 0 Å². The van der Waals surface area contributed by atoms with Crippen LogP contribution >= 0.6 is 23.1 Å². The first-order valence-corrected chi connectivity index (χ1v) is 12.1. The Bertz CT molecular complexity index is 1100. The molecule has 0 saturated heterocycles. The molecule has 3 heterocycles. The smallest absolute Gasteiger partial charge is 0.234 e. The highest BCUT2D eigenvalue weighted by atomic mass is 32.2. The Morgan fingerprint density at radius 1 is 1.32 bits per heavy atom. The molecular weight excluding hydrogens is 432 g/mol. The number of carbonyl (C=O) groups is 1. The van der Waals surface area contributed by atoms with Gasteiger partial charge >= 0.3 is 0 Å². The van der Waals surface area contributed by atoms with Gasteiger partial charge < -0.3 is 20.5 Å². The van der Waals surface area contributed by atoms with Crippen molar-refractivity contribution in [2.24, 2.45) is 0 Å². The van der Waals surface area contributed by atoms with E-state index in [1.807, 2.05) is 31.2 Å². The number of anilines is 2. The van der Waals surface area contributed by atoms with Gasteiger partial charge in [-0.05, 0) is 50.1 Å². The van der Waals surface area contributed by atoms with Gasteiger partial charge in [-0.1, -0.05) is 18.7 Å². The molecule has 0 aliphatic carbocycles. The maximum Gasteiger partial charge on any atom is 0.234 e. The van der Waals surface area contributed by atoms with E-state index in [4.69, 9.17) is 15.2 Å². The van der Waals surface area contributed by atoms with Gasteiger partial charge in [-0.15, -0.1) is 11.3 Å². The van der Waals surface area contributed by atoms with Crippen molar-refractivity contribution < 1.29 is 14.3 Å². The van der Waals surface area contributed by atoms with E-state index in [0.29, 0.717) is 24.2 Å². The summed E-state index contributed by atoms with van der Waals surface area (Å²) in [6, 6.07) is 7.29. The van der Waals surface area contributed by atoms with Gasteiger partial charge in [0.1, 0.15) is 16.4 Å². The maximum atomic E-state index is 12.3. The number of carbonyl (C=O) groups excluding carboxylic acids is 1. The van der Waals surface area contributed by atoms with Crippen LogP contribution in [-0.2, 0) is 22.6 Å². The topological polar surface area (TPSA) is 99.4 Å². The lowest BCUT2D eigenvalue weighted by Gasteiger charge is -2.33. The van der Waals surface area contributed by atoms with Crippen LogP contribution in [0.3, 0.4) is 0 Å². The molecule has 7 nitrogen and oxygen atoms in total. The Kier molecular flexibility index (Phi) is 6.36. The van der Waals surface area contributed by atoms with Crippen molar-refractivity contribution in [3.63, 3.8) is 0 Å². The third-order valence-corrected chi connectivity index (χ3v) is 7.32. The number of amides is 1. The van der Waals surface area contributed by atoms with Gasteiger partial charge in [-0.2, -0.15) is 0 Å². The minimum Gasteiger partial charge on any atom is -0.494 e. The lowest BCUT2D eigenvalue weighted by Crippen LogP contribution is -2.33. The van der Waals surface area contributed by atoms with E-state index in [2.05, 4.69) is 29.1 Å². The van der Waals surface area contributed by atoms with Crippen LogP contribution in [0.2, 0.25) is 0 Å². The summed E-state index contributed by atoms with van der Waals surface area (Å²) in [7, 11) is 0. The van der Waals surface area contributed by atoms with Gasteiger partial charge in [0.15, 0.2) is 5.16 Å². The Morgan fingerprint density at radius 3 is 2.81 bits per heavy atom. The first-order valence-electron chi connectivity index (χ1n) is 10.3. The Balaban J connectivity index is 1.44. The predicted molar refractivity (Wildman–Crippen MR) is 126 cm³/mol. The van der Waals surface area contributed by atoms with Crippen LogP contribution < -0.4 is 15.8 Å². The quantitative estimate of drug-likeness (QED) is 0.393. The second-order valence-corrected chi connectivity index (χ2v) is 9.66. The molecule has 1 atom stereocenters. The number of hydrogen-bond donors (Lipinski definition) is 2. The molecule has 164 valence electrons. The monoisotopic (exact) mass is 458 g/mol. The van der Waals surface area contributed by atoms with E-state index in [9.17, 15) is 4.79 Å². The van der Waals surface area contributed by atoms with E-state index in [-0.39, 0.29) is 17.3 Å². The largest absolute Gasteiger partial charge is 0.494 e. The van der Waals surface area contributed by atoms with Crippen molar-refractivity contribution in [1.29, 1.82) is 0 Å². The van der Waals surface area contributed by atoms with Gasteiger partial charge in [0.2, 0.25) is 5.91 Å². The van der Waals surface area contributed by atoms with Crippen LogP contribution in [0.1, 0.15) is 37.6 Å². The van der Waals surface area contributed by atoms with E-state index in [1.165, 1.54) is 17.3 Å². The van der Waals surface area contributed by atoms with Crippen LogP contribution in [0.25, 0.3) is 10.2 Å². The normalized spacial score (nSPS) is 18.0. The van der Waals surface area contributed by atoms with Crippen molar-refractivity contribution >= 4 is 50.7 Å². The minimum atomic E-state index is -0.181. The molecule has 1 aromatic carbocycles. The molecule has 9 heteroatoms. The number of hydrogen-bond acceptors (Lipinski definition) is 8. The van der Waals surface area contributed by atoms with Crippen molar-refractivity contribution in [2.45, 2.75) is 51.0 Å². The Labute approximate surface area is 189 Å². The number of nitrogen functional groups attached to an aromatic ring is 1. The fraction of sp³-hybridized carbons (Fsp3) is 0.409. The summed E-state index contributed by atoms with van der Waals surface area (Å²) < 4.78 is 11.5. The first kappa shape index (κ1) is 21.9.